The van der Waals surface area contributed by atoms with E-state index < -0.39 is 22.7 Å². The summed E-state index contributed by atoms with van der Waals surface area (Å²) in [5, 5.41) is -0.421. The van der Waals surface area contributed by atoms with Crippen molar-refractivity contribution in [2.75, 3.05) is 13.4 Å². The van der Waals surface area contributed by atoms with E-state index in [-0.39, 0.29) is 17.9 Å². The zero-order valence-electron chi connectivity index (χ0n) is 19.9. The number of unbranched alkanes of at least 4 members (excludes halogenated alkanes) is 1. The number of ether oxygens (including phenoxy) is 1. The first-order chi connectivity index (χ1) is 15.3. The Balaban J connectivity index is 2.98. The van der Waals surface area contributed by atoms with Crippen molar-refractivity contribution in [3.05, 3.63) is 30.4 Å². The number of allylic oxidation sites excluding steroid dienone is 2. The lowest BCUT2D eigenvalue weighted by molar-refractivity contribution is -0.150. The third-order valence-electron chi connectivity index (χ3n) is 5.59. The molecule has 180 valence electrons. The van der Waals surface area contributed by atoms with Crippen molar-refractivity contribution in [1.82, 2.24) is 20.8 Å². The van der Waals surface area contributed by atoms with Gasteiger partial charge in [0.1, 0.15) is 17.0 Å². The number of methoxy groups -OCH3 is 1. The third kappa shape index (κ3) is 8.78. The minimum absolute atomic E-state index is 0.0457. The van der Waals surface area contributed by atoms with Crippen molar-refractivity contribution in [1.29, 1.82) is 0 Å². The molecule has 1 amide bonds. The van der Waals surface area contributed by atoms with Gasteiger partial charge >= 0.3 is 5.97 Å². The Morgan fingerprint density at radius 1 is 1.31 bits per heavy atom. The lowest BCUT2D eigenvalue weighted by Crippen LogP contribution is -2.61. The van der Waals surface area contributed by atoms with Gasteiger partial charge in [-0.25, -0.2) is 15.2 Å². The number of aromatic nitrogens is 2. The summed E-state index contributed by atoms with van der Waals surface area (Å²) in [4.78, 5) is 44.8. The van der Waals surface area contributed by atoms with Crippen LogP contribution < -0.4 is 10.9 Å². The lowest BCUT2D eigenvalue weighted by Gasteiger charge is -2.34. The van der Waals surface area contributed by atoms with Gasteiger partial charge < -0.3 is 9.72 Å². The molecule has 0 radical (unpaired) electrons. The summed E-state index contributed by atoms with van der Waals surface area (Å²) in [7, 11) is 1.31. The number of nitrogens with one attached hydrogen (secondary N) is 3. The first-order valence-corrected chi connectivity index (χ1v) is 12.5. The molecule has 0 spiro atoms. The van der Waals surface area contributed by atoms with Crippen molar-refractivity contribution in [2.24, 2.45) is 5.92 Å². The van der Waals surface area contributed by atoms with Crippen LogP contribution in [0.2, 0.25) is 0 Å². The number of amides is 1. The Bertz CT molecular complexity index is 738. The van der Waals surface area contributed by atoms with E-state index in [0.29, 0.717) is 18.8 Å². The Labute approximate surface area is 195 Å². The number of imidazole rings is 1. The molecule has 0 saturated heterocycles. The molecule has 0 saturated carbocycles. The molecule has 0 aliphatic heterocycles. The predicted octanol–water partition coefficient (Wildman–Crippen LogP) is 3.82. The van der Waals surface area contributed by atoms with Crippen molar-refractivity contribution in [3.63, 3.8) is 0 Å². The van der Waals surface area contributed by atoms with Crippen LogP contribution in [0.3, 0.4) is 0 Å². The molecule has 1 aromatic heterocycles. The van der Waals surface area contributed by atoms with Crippen molar-refractivity contribution >= 4 is 29.4 Å². The third-order valence-corrected chi connectivity index (χ3v) is 6.59. The molecule has 0 aromatic carbocycles. The highest BCUT2D eigenvalue weighted by atomic mass is 32.2. The lowest BCUT2D eigenvalue weighted by atomic mass is 9.86. The van der Waals surface area contributed by atoms with Crippen LogP contribution in [0.1, 0.15) is 76.2 Å². The number of H-pyrrole nitrogens is 1. The highest BCUT2D eigenvalue weighted by Gasteiger charge is 2.43. The zero-order valence-corrected chi connectivity index (χ0v) is 20.7. The number of aromatic amines is 1. The first kappa shape index (κ1) is 27.9. The largest absolute Gasteiger partial charge is 0.468 e. The Hall–Kier alpha value is -2.13. The van der Waals surface area contributed by atoms with Crippen LogP contribution in [0.5, 0.6) is 0 Å². The molecule has 1 unspecified atom stereocenters. The van der Waals surface area contributed by atoms with Gasteiger partial charge in [-0.05, 0) is 31.4 Å². The maximum Gasteiger partial charge on any atom is 0.327 e. The molecule has 1 aromatic rings. The van der Waals surface area contributed by atoms with Gasteiger partial charge in [0.2, 0.25) is 0 Å². The molecule has 0 fully saturated rings. The average molecular weight is 467 g/mol. The summed E-state index contributed by atoms with van der Waals surface area (Å²) >= 11 is 1.41. The molecule has 8 nitrogen and oxygen atoms in total. The second-order valence-corrected chi connectivity index (χ2v) is 9.08. The van der Waals surface area contributed by atoms with Gasteiger partial charge in [0.05, 0.1) is 24.9 Å². The van der Waals surface area contributed by atoms with Crippen molar-refractivity contribution in [2.45, 2.75) is 76.5 Å². The Morgan fingerprint density at radius 2 is 2.06 bits per heavy atom. The van der Waals surface area contributed by atoms with E-state index in [1.54, 1.807) is 0 Å². The Morgan fingerprint density at radius 3 is 2.62 bits per heavy atom. The molecule has 1 rings (SSSR count). The molecule has 32 heavy (non-hydrogen) atoms. The molecule has 9 heteroatoms. The molecule has 3 atom stereocenters. The second-order valence-electron chi connectivity index (χ2n) is 8.04. The summed E-state index contributed by atoms with van der Waals surface area (Å²) in [6, 6.07) is 0. The number of thioether (sulfide) groups is 1. The number of nitrogens with zero attached hydrogens (tertiary/aromatic N) is 1. The number of hydrogen-bond acceptors (Lipinski definition) is 7. The smallest absolute Gasteiger partial charge is 0.327 e. The fourth-order valence-electron chi connectivity index (χ4n) is 3.22. The molecule has 0 aliphatic rings. The van der Waals surface area contributed by atoms with E-state index in [1.165, 1.54) is 31.4 Å². The van der Waals surface area contributed by atoms with Crippen LogP contribution in [-0.2, 0) is 14.3 Å². The van der Waals surface area contributed by atoms with Gasteiger partial charge in [0, 0.05) is 6.42 Å². The number of ketones is 1. The normalized spacial score (nSPS) is 15.2. The van der Waals surface area contributed by atoms with Gasteiger partial charge in [-0.15, -0.1) is 0 Å². The SMILES string of the molecule is CCCC[C@](CC(SC)C(=O)CC=CC[C@@H](C)CC)(NNC(=O)c1cnc[nH]1)C(=O)OC. The molecule has 3 N–H and O–H groups in total. The molecule has 0 aliphatic carbocycles. The fourth-order valence-corrected chi connectivity index (χ4v) is 4.03. The zero-order chi connectivity index (χ0) is 24.0. The predicted molar refractivity (Wildman–Crippen MR) is 128 cm³/mol. The van der Waals surface area contributed by atoms with E-state index in [0.717, 1.165) is 25.7 Å². The fraction of sp³-hybridized carbons (Fsp3) is 0.652. The number of carbonyl (C=O) groups is 3. The van der Waals surface area contributed by atoms with Crippen LogP contribution in [0, 0.1) is 5.92 Å². The van der Waals surface area contributed by atoms with Gasteiger partial charge in [0.25, 0.3) is 5.91 Å². The summed E-state index contributed by atoms with van der Waals surface area (Å²) in [6.45, 7) is 6.34. The molecular formula is C23H38N4O4S. The topological polar surface area (TPSA) is 113 Å². The van der Waals surface area contributed by atoms with Crippen molar-refractivity contribution in [3.8, 4) is 0 Å². The molecule has 1 heterocycles. The number of carbonyl (C=O) groups excluding carboxylic acids is 3. The van der Waals surface area contributed by atoms with E-state index >= 15 is 0 Å². The summed E-state index contributed by atoms with van der Waals surface area (Å²) in [5.74, 6) is -0.326. The first-order valence-electron chi connectivity index (χ1n) is 11.2. The average Bonchev–Trinajstić information content (AvgIpc) is 3.35. The molecular weight excluding hydrogens is 428 g/mol. The van der Waals surface area contributed by atoms with Gasteiger partial charge in [-0.3, -0.25) is 15.0 Å². The number of esters is 1. The quantitative estimate of drug-likeness (QED) is 0.193. The number of Topliss-reactive ketones (excluding diaryl/α,β-unsaturated/α-hetero) is 1. The standard InChI is InChI=1S/C23H38N4O4S/c1-6-8-13-23(22(30)31-4,27-26-21(29)18-15-24-16-25-18)14-20(32-5)19(28)12-10-9-11-17(3)7-2/h9-10,15-17,20,27H,6-8,11-14H2,1-5H3,(H,24,25)(H,26,29)/t17-,20?,23+/m0/s1. The number of rotatable bonds is 16. The summed E-state index contributed by atoms with van der Waals surface area (Å²) in [5.41, 5.74) is 4.55. The minimum Gasteiger partial charge on any atom is -0.468 e. The van der Waals surface area contributed by atoms with E-state index in [9.17, 15) is 14.4 Å². The van der Waals surface area contributed by atoms with E-state index in [4.69, 9.17) is 4.74 Å². The maximum atomic E-state index is 12.9. The van der Waals surface area contributed by atoms with Crippen LogP contribution in [0.25, 0.3) is 0 Å². The monoisotopic (exact) mass is 466 g/mol. The second kappa shape index (κ2) is 14.8. The minimum atomic E-state index is -1.22. The van der Waals surface area contributed by atoms with Crippen LogP contribution >= 0.6 is 11.8 Å². The number of hydrazine groups is 1. The van der Waals surface area contributed by atoms with Crippen molar-refractivity contribution < 1.29 is 19.1 Å². The van der Waals surface area contributed by atoms with Crippen LogP contribution in [0.4, 0.5) is 0 Å². The molecule has 0 bridgehead atoms. The highest BCUT2D eigenvalue weighted by molar-refractivity contribution is 7.99. The summed E-state index contributed by atoms with van der Waals surface area (Å²) < 4.78 is 5.09. The number of hydrogen-bond donors (Lipinski definition) is 3. The van der Waals surface area contributed by atoms with Crippen LogP contribution in [-0.4, -0.2) is 51.8 Å². The van der Waals surface area contributed by atoms with Crippen LogP contribution in [0.15, 0.2) is 24.7 Å². The maximum absolute atomic E-state index is 12.9. The van der Waals surface area contributed by atoms with Gasteiger partial charge in [-0.2, -0.15) is 11.8 Å². The summed E-state index contributed by atoms with van der Waals surface area (Å²) in [6.07, 6.45) is 13.2. The highest BCUT2D eigenvalue weighted by Crippen LogP contribution is 2.28. The van der Waals surface area contributed by atoms with Gasteiger partial charge in [-0.1, -0.05) is 52.2 Å². The van der Waals surface area contributed by atoms with E-state index in [2.05, 4.69) is 40.7 Å². The van der Waals surface area contributed by atoms with E-state index in [1.807, 2.05) is 19.3 Å². The van der Waals surface area contributed by atoms with Gasteiger partial charge in [0.15, 0.2) is 0 Å². The Kier molecular flexibility index (Phi) is 12.9.